The molecule has 1 heterocycles. The number of halogens is 1. The van der Waals surface area contributed by atoms with Crippen LogP contribution in [0.2, 0.25) is 0 Å². The van der Waals surface area contributed by atoms with Crippen LogP contribution in [0, 0.1) is 17.3 Å². The van der Waals surface area contributed by atoms with Crippen molar-refractivity contribution in [1.29, 1.82) is 0 Å². The molecule has 1 rings (SSSR count). The molecule has 0 aromatic heterocycles. The number of carbonyl (C=O) groups is 1. The highest BCUT2D eigenvalue weighted by atomic mass is 35.5. The van der Waals surface area contributed by atoms with Gasteiger partial charge in [-0.3, -0.25) is 4.79 Å². The first-order valence-corrected chi connectivity index (χ1v) is 6.75. The Bertz CT molecular complexity index is 273. The SMILES string of the molecule is CC(N)C1CCN(C(=O)CC(C)C(C)(C)C)C1.Cl. The predicted octanol–water partition coefficient (Wildman–Crippen LogP) is 2.68. The summed E-state index contributed by atoms with van der Waals surface area (Å²) in [7, 11) is 0. The number of amides is 1. The first kappa shape index (κ1) is 17.7. The van der Waals surface area contributed by atoms with Crippen molar-refractivity contribution in [2.24, 2.45) is 23.0 Å². The molecule has 0 saturated carbocycles. The average molecular weight is 277 g/mol. The van der Waals surface area contributed by atoms with Gasteiger partial charge in [0, 0.05) is 25.6 Å². The molecule has 3 atom stereocenters. The summed E-state index contributed by atoms with van der Waals surface area (Å²) in [6, 6.07) is 0.202. The van der Waals surface area contributed by atoms with E-state index in [9.17, 15) is 4.79 Å². The molecule has 2 N–H and O–H groups in total. The second-order valence-electron chi connectivity index (χ2n) is 6.72. The average Bonchev–Trinajstić information content (AvgIpc) is 2.64. The Hall–Kier alpha value is -0.280. The van der Waals surface area contributed by atoms with Crippen LogP contribution in [0.1, 0.15) is 47.5 Å². The van der Waals surface area contributed by atoms with E-state index in [1.54, 1.807) is 0 Å². The minimum atomic E-state index is 0. The van der Waals surface area contributed by atoms with Crippen molar-refractivity contribution in [2.75, 3.05) is 13.1 Å². The third kappa shape index (κ3) is 4.77. The molecule has 4 heteroatoms. The van der Waals surface area contributed by atoms with Crippen molar-refractivity contribution in [3.63, 3.8) is 0 Å². The Morgan fingerprint density at radius 1 is 1.39 bits per heavy atom. The molecule has 1 aliphatic heterocycles. The van der Waals surface area contributed by atoms with Gasteiger partial charge in [0.05, 0.1) is 0 Å². The Kier molecular flexibility index (Phi) is 6.66. The van der Waals surface area contributed by atoms with Gasteiger partial charge in [0.2, 0.25) is 5.91 Å². The van der Waals surface area contributed by atoms with Gasteiger partial charge in [0.1, 0.15) is 0 Å². The third-order valence-electron chi connectivity index (χ3n) is 4.28. The summed E-state index contributed by atoms with van der Waals surface area (Å²) < 4.78 is 0. The molecule has 0 aliphatic carbocycles. The normalized spacial score (nSPS) is 23.4. The van der Waals surface area contributed by atoms with E-state index in [-0.39, 0.29) is 23.9 Å². The minimum absolute atomic E-state index is 0. The molecular weight excluding hydrogens is 248 g/mol. The van der Waals surface area contributed by atoms with Gasteiger partial charge in [-0.2, -0.15) is 0 Å². The van der Waals surface area contributed by atoms with Crippen molar-refractivity contribution < 1.29 is 4.79 Å². The van der Waals surface area contributed by atoms with Gasteiger partial charge in [-0.25, -0.2) is 0 Å². The van der Waals surface area contributed by atoms with Gasteiger partial charge in [0.15, 0.2) is 0 Å². The van der Waals surface area contributed by atoms with Crippen molar-refractivity contribution in [2.45, 2.75) is 53.5 Å². The van der Waals surface area contributed by atoms with Crippen LogP contribution in [0.3, 0.4) is 0 Å². The van der Waals surface area contributed by atoms with E-state index in [0.29, 0.717) is 24.2 Å². The van der Waals surface area contributed by atoms with Crippen LogP contribution in [0.25, 0.3) is 0 Å². The monoisotopic (exact) mass is 276 g/mol. The summed E-state index contributed by atoms with van der Waals surface area (Å²) in [5.74, 6) is 1.21. The Morgan fingerprint density at radius 2 is 1.94 bits per heavy atom. The van der Waals surface area contributed by atoms with E-state index in [1.807, 2.05) is 11.8 Å². The number of likely N-dealkylation sites (tertiary alicyclic amines) is 1. The second-order valence-corrected chi connectivity index (χ2v) is 6.72. The molecule has 0 aromatic carbocycles. The lowest BCUT2D eigenvalue weighted by atomic mass is 9.80. The second kappa shape index (κ2) is 6.76. The molecule has 108 valence electrons. The van der Waals surface area contributed by atoms with Gasteiger partial charge in [-0.15, -0.1) is 12.4 Å². The lowest BCUT2D eigenvalue weighted by molar-refractivity contribution is -0.132. The van der Waals surface area contributed by atoms with Gasteiger partial charge in [-0.1, -0.05) is 27.7 Å². The zero-order valence-electron chi connectivity index (χ0n) is 12.4. The zero-order valence-corrected chi connectivity index (χ0v) is 13.2. The van der Waals surface area contributed by atoms with E-state index in [0.717, 1.165) is 19.5 Å². The quantitative estimate of drug-likeness (QED) is 0.861. The number of carbonyl (C=O) groups excluding carboxylic acids is 1. The molecule has 18 heavy (non-hydrogen) atoms. The van der Waals surface area contributed by atoms with Crippen molar-refractivity contribution >= 4 is 18.3 Å². The highest BCUT2D eigenvalue weighted by Gasteiger charge is 2.30. The summed E-state index contributed by atoms with van der Waals surface area (Å²) in [4.78, 5) is 14.2. The van der Waals surface area contributed by atoms with Crippen LogP contribution in [0.4, 0.5) is 0 Å². The third-order valence-corrected chi connectivity index (χ3v) is 4.28. The molecule has 0 aromatic rings. The van der Waals surface area contributed by atoms with E-state index < -0.39 is 0 Å². The number of rotatable bonds is 3. The molecule has 0 spiro atoms. The van der Waals surface area contributed by atoms with Crippen LogP contribution in [0.15, 0.2) is 0 Å². The first-order chi connectivity index (χ1) is 7.71. The smallest absolute Gasteiger partial charge is 0.222 e. The highest BCUT2D eigenvalue weighted by molar-refractivity contribution is 5.85. The Morgan fingerprint density at radius 3 is 2.33 bits per heavy atom. The van der Waals surface area contributed by atoms with Crippen LogP contribution in [-0.2, 0) is 4.79 Å². The summed E-state index contributed by atoms with van der Waals surface area (Å²) in [6.07, 6.45) is 1.72. The molecular formula is C14H29ClN2O. The molecule has 1 aliphatic rings. The summed E-state index contributed by atoms with van der Waals surface area (Å²) in [5.41, 5.74) is 6.10. The lowest BCUT2D eigenvalue weighted by Crippen LogP contribution is -2.34. The maximum Gasteiger partial charge on any atom is 0.222 e. The van der Waals surface area contributed by atoms with Crippen LogP contribution >= 0.6 is 12.4 Å². The highest BCUT2D eigenvalue weighted by Crippen LogP contribution is 2.29. The van der Waals surface area contributed by atoms with Crippen molar-refractivity contribution in [3.8, 4) is 0 Å². The fourth-order valence-corrected chi connectivity index (χ4v) is 2.14. The Labute approximate surface area is 118 Å². The van der Waals surface area contributed by atoms with Gasteiger partial charge in [-0.05, 0) is 30.6 Å². The van der Waals surface area contributed by atoms with Gasteiger partial charge in [0.25, 0.3) is 0 Å². The molecule has 3 nitrogen and oxygen atoms in total. The lowest BCUT2D eigenvalue weighted by Gasteiger charge is -2.28. The Balaban J connectivity index is 0.00000289. The van der Waals surface area contributed by atoms with Crippen LogP contribution < -0.4 is 5.73 Å². The summed E-state index contributed by atoms with van der Waals surface area (Å²) in [5, 5.41) is 0. The summed E-state index contributed by atoms with van der Waals surface area (Å²) >= 11 is 0. The largest absolute Gasteiger partial charge is 0.342 e. The number of nitrogens with two attached hydrogens (primary N) is 1. The molecule has 0 bridgehead atoms. The predicted molar refractivity (Wildman–Crippen MR) is 78.8 cm³/mol. The fourth-order valence-electron chi connectivity index (χ4n) is 2.14. The molecule has 1 fully saturated rings. The topological polar surface area (TPSA) is 46.3 Å². The van der Waals surface area contributed by atoms with E-state index >= 15 is 0 Å². The van der Waals surface area contributed by atoms with Crippen LogP contribution in [-0.4, -0.2) is 29.9 Å². The first-order valence-electron chi connectivity index (χ1n) is 6.75. The maximum absolute atomic E-state index is 12.2. The van der Waals surface area contributed by atoms with Crippen LogP contribution in [0.5, 0.6) is 0 Å². The summed E-state index contributed by atoms with van der Waals surface area (Å²) in [6.45, 7) is 12.5. The number of hydrogen-bond acceptors (Lipinski definition) is 2. The number of hydrogen-bond donors (Lipinski definition) is 1. The standard InChI is InChI=1S/C14H28N2O.ClH/c1-10(14(3,4)5)8-13(17)16-7-6-12(9-16)11(2)15;/h10-12H,6-9,15H2,1-5H3;1H. The molecule has 1 saturated heterocycles. The zero-order chi connectivity index (χ0) is 13.2. The van der Waals surface area contributed by atoms with Gasteiger partial charge >= 0.3 is 0 Å². The van der Waals surface area contributed by atoms with E-state index in [2.05, 4.69) is 27.7 Å². The molecule has 0 radical (unpaired) electrons. The van der Waals surface area contributed by atoms with Crippen molar-refractivity contribution in [1.82, 2.24) is 4.90 Å². The minimum Gasteiger partial charge on any atom is -0.342 e. The number of nitrogens with zero attached hydrogens (tertiary/aromatic N) is 1. The maximum atomic E-state index is 12.2. The van der Waals surface area contributed by atoms with E-state index in [4.69, 9.17) is 5.73 Å². The molecule has 1 amide bonds. The van der Waals surface area contributed by atoms with Gasteiger partial charge < -0.3 is 10.6 Å². The van der Waals surface area contributed by atoms with Crippen molar-refractivity contribution in [3.05, 3.63) is 0 Å². The van der Waals surface area contributed by atoms with E-state index in [1.165, 1.54) is 0 Å². The molecule has 3 unspecified atom stereocenters. The fraction of sp³-hybridized carbons (Fsp3) is 0.929.